The molecule has 6 aromatic rings. The highest BCUT2D eigenvalue weighted by Gasteiger charge is 2.21. The van der Waals surface area contributed by atoms with Gasteiger partial charge in [-0.15, -0.1) is 0 Å². The molecule has 1 amide bonds. The Kier molecular flexibility index (Phi) is 18.7. The monoisotopic (exact) mass is 1000 g/mol. The summed E-state index contributed by atoms with van der Waals surface area (Å²) in [6.45, 7) is 18.0. The third-order valence-corrected chi connectivity index (χ3v) is 14.2. The van der Waals surface area contributed by atoms with Crippen LogP contribution in [-0.4, -0.2) is 132 Å². The lowest BCUT2D eigenvalue weighted by atomic mass is 9.98. The van der Waals surface area contributed by atoms with Gasteiger partial charge in [0.25, 0.3) is 5.91 Å². The molecule has 388 valence electrons. The van der Waals surface area contributed by atoms with Gasteiger partial charge in [0, 0.05) is 115 Å². The number of aromatic carboxylic acids is 1. The van der Waals surface area contributed by atoms with E-state index in [1.165, 1.54) is 18.2 Å². The fourth-order valence-corrected chi connectivity index (χ4v) is 9.64. The second-order valence-electron chi connectivity index (χ2n) is 19.5. The van der Waals surface area contributed by atoms with Crippen molar-refractivity contribution in [2.75, 3.05) is 126 Å². The second kappa shape index (κ2) is 25.9. The summed E-state index contributed by atoms with van der Waals surface area (Å²) >= 11 is 0. The van der Waals surface area contributed by atoms with Crippen LogP contribution in [0.15, 0.2) is 109 Å². The van der Waals surface area contributed by atoms with Gasteiger partial charge in [0.15, 0.2) is 0 Å². The number of halogens is 2. The van der Waals surface area contributed by atoms with Crippen LogP contribution in [0.25, 0.3) is 21.5 Å². The van der Waals surface area contributed by atoms with Crippen LogP contribution in [0.5, 0.6) is 11.5 Å². The first-order chi connectivity index (χ1) is 35.5. The number of nitrogens with two attached hydrogens (primary N) is 1. The standard InChI is InChI=1S/C29H34FN3O3.C16H20N2O2.C13H16FNO2/c1-21-8-10-33(11-9-21)24-19-22(18-23(30)20-24)29(34)31-27-6-7-28(26-5-3-2-4-25(26)27)36-17-14-32-12-15-35-16-13-32;17-15-5-6-16(14-4-2-1-3-13(14)15)20-12-9-18-7-10-19-11-8-18;1-9-2-4-15(5-3-9)12-7-10(13(16)17)6-11(14)8-12/h2-7,18-21H,8-17H2,1H3,(H,31,34);1-6H,7-12,17H2;6-9H,2-5H2,1H3,(H,16,17). The first-order valence-corrected chi connectivity index (χ1v) is 25.8. The van der Waals surface area contributed by atoms with Gasteiger partial charge in [-0.25, -0.2) is 13.6 Å². The number of morpholine rings is 2. The van der Waals surface area contributed by atoms with E-state index in [-0.39, 0.29) is 11.5 Å². The number of carbonyl (C=O) groups excluding carboxylic acids is 1. The number of carboxylic acid groups (broad SMARTS) is 1. The number of carbonyl (C=O) groups is 2. The lowest BCUT2D eigenvalue weighted by Crippen LogP contribution is -2.38. The highest BCUT2D eigenvalue weighted by molar-refractivity contribution is 6.10. The van der Waals surface area contributed by atoms with Crippen molar-refractivity contribution >= 4 is 56.2 Å². The summed E-state index contributed by atoms with van der Waals surface area (Å²) in [5.41, 5.74) is 9.23. The van der Waals surface area contributed by atoms with Crippen molar-refractivity contribution in [1.82, 2.24) is 9.80 Å². The lowest BCUT2D eigenvalue weighted by molar-refractivity contribution is 0.0322. The van der Waals surface area contributed by atoms with Crippen molar-refractivity contribution in [3.05, 3.63) is 132 Å². The minimum absolute atomic E-state index is 0.0126. The van der Waals surface area contributed by atoms with Crippen molar-refractivity contribution < 1.29 is 42.4 Å². The zero-order chi connectivity index (χ0) is 51.1. The summed E-state index contributed by atoms with van der Waals surface area (Å²) in [7, 11) is 0. The van der Waals surface area contributed by atoms with Crippen LogP contribution in [0, 0.1) is 23.5 Å². The van der Waals surface area contributed by atoms with Gasteiger partial charge in [-0.05, 0) is 98.2 Å². The fourth-order valence-electron chi connectivity index (χ4n) is 9.64. The van der Waals surface area contributed by atoms with Gasteiger partial charge in [0.2, 0.25) is 0 Å². The Morgan fingerprint density at radius 1 is 0.589 bits per heavy atom. The number of nitrogens with zero attached hydrogens (tertiary/aromatic N) is 4. The molecule has 0 spiro atoms. The fraction of sp³-hybridized carbons (Fsp3) is 0.414. The van der Waals surface area contributed by atoms with E-state index in [0.717, 1.165) is 168 Å². The smallest absolute Gasteiger partial charge is 0.335 e. The number of anilines is 4. The number of fused-ring (bicyclic) bond motifs is 2. The molecule has 4 N–H and O–H groups in total. The molecule has 4 saturated heterocycles. The Balaban J connectivity index is 0.000000162. The maximum absolute atomic E-state index is 14.5. The predicted octanol–water partition coefficient (Wildman–Crippen LogP) is 10.1. The number of benzene rings is 6. The largest absolute Gasteiger partial charge is 0.492 e. The molecule has 6 aromatic carbocycles. The minimum atomic E-state index is -1.09. The van der Waals surface area contributed by atoms with Crippen molar-refractivity contribution in [2.24, 2.45) is 11.8 Å². The molecule has 0 bridgehead atoms. The topological polar surface area (TPSA) is 142 Å². The zero-order valence-electron chi connectivity index (χ0n) is 42.2. The number of hydrogen-bond donors (Lipinski definition) is 3. The van der Waals surface area contributed by atoms with Gasteiger partial charge in [-0.3, -0.25) is 14.6 Å². The van der Waals surface area contributed by atoms with E-state index in [1.807, 2.05) is 66.7 Å². The van der Waals surface area contributed by atoms with Crippen molar-refractivity contribution in [3.63, 3.8) is 0 Å². The summed E-state index contributed by atoms with van der Waals surface area (Å²) in [6.07, 6.45) is 4.29. The van der Waals surface area contributed by atoms with Crippen molar-refractivity contribution in [1.29, 1.82) is 0 Å². The second-order valence-corrected chi connectivity index (χ2v) is 19.5. The molecule has 0 unspecified atom stereocenters. The predicted molar refractivity (Wildman–Crippen MR) is 287 cm³/mol. The van der Waals surface area contributed by atoms with Crippen LogP contribution in [0.2, 0.25) is 0 Å². The number of nitrogen functional groups attached to an aromatic ring is 1. The van der Waals surface area contributed by atoms with Gasteiger partial charge in [0.05, 0.1) is 32.0 Å². The molecule has 4 aliphatic rings. The van der Waals surface area contributed by atoms with Gasteiger partial charge >= 0.3 is 5.97 Å². The highest BCUT2D eigenvalue weighted by atomic mass is 19.1. The molecule has 0 radical (unpaired) electrons. The van der Waals surface area contributed by atoms with Gasteiger partial charge in [0.1, 0.15) is 36.3 Å². The Bertz CT molecular complexity index is 2770. The van der Waals surface area contributed by atoms with Crippen LogP contribution in [0.1, 0.15) is 60.2 Å². The summed E-state index contributed by atoms with van der Waals surface area (Å²) in [4.78, 5) is 33.0. The lowest BCUT2D eigenvalue weighted by Gasteiger charge is -2.32. The van der Waals surface area contributed by atoms with E-state index in [4.69, 9.17) is 29.8 Å². The molecular formula is C58H70F2N6O7. The van der Waals surface area contributed by atoms with Crippen LogP contribution < -0.4 is 30.3 Å². The Morgan fingerprint density at radius 2 is 1.03 bits per heavy atom. The molecule has 13 nitrogen and oxygen atoms in total. The summed E-state index contributed by atoms with van der Waals surface area (Å²) in [6, 6.07) is 32.2. The molecular weight excluding hydrogens is 931 g/mol. The van der Waals surface area contributed by atoms with Crippen molar-refractivity contribution in [3.8, 4) is 11.5 Å². The summed E-state index contributed by atoms with van der Waals surface area (Å²) in [5, 5.41) is 15.8. The molecule has 0 aliphatic carbocycles. The quantitative estimate of drug-likeness (QED) is 0.0949. The minimum Gasteiger partial charge on any atom is -0.492 e. The molecule has 0 aromatic heterocycles. The van der Waals surface area contributed by atoms with Gasteiger partial charge in [-0.1, -0.05) is 62.4 Å². The van der Waals surface area contributed by atoms with Crippen LogP contribution >= 0.6 is 0 Å². The molecule has 0 saturated carbocycles. The Hall–Kier alpha value is -6.52. The number of hydrogen-bond acceptors (Lipinski definition) is 11. The van der Waals surface area contributed by atoms with E-state index in [9.17, 15) is 18.4 Å². The van der Waals surface area contributed by atoms with Gasteiger partial charge < -0.3 is 44.9 Å². The van der Waals surface area contributed by atoms with E-state index >= 15 is 0 Å². The normalized spacial score (nSPS) is 17.0. The molecule has 4 aliphatic heterocycles. The highest BCUT2D eigenvalue weighted by Crippen LogP contribution is 2.34. The Morgan fingerprint density at radius 3 is 1.53 bits per heavy atom. The number of amides is 1. The average molecular weight is 1000 g/mol. The summed E-state index contributed by atoms with van der Waals surface area (Å²) < 4.78 is 50.6. The maximum Gasteiger partial charge on any atom is 0.335 e. The molecule has 73 heavy (non-hydrogen) atoms. The zero-order valence-corrected chi connectivity index (χ0v) is 42.2. The van der Waals surface area contributed by atoms with E-state index in [1.54, 1.807) is 12.1 Å². The number of carboxylic acids is 1. The average Bonchev–Trinajstić information content (AvgIpc) is 3.41. The van der Waals surface area contributed by atoms with Crippen LogP contribution in [0.3, 0.4) is 0 Å². The molecule has 4 heterocycles. The number of piperidine rings is 2. The van der Waals surface area contributed by atoms with Crippen LogP contribution in [-0.2, 0) is 9.47 Å². The van der Waals surface area contributed by atoms with Gasteiger partial charge in [-0.2, -0.15) is 0 Å². The molecule has 0 atom stereocenters. The van der Waals surface area contributed by atoms with E-state index in [2.05, 4.69) is 44.8 Å². The van der Waals surface area contributed by atoms with E-state index in [0.29, 0.717) is 42.0 Å². The van der Waals surface area contributed by atoms with Crippen LogP contribution in [0.4, 0.5) is 31.5 Å². The third kappa shape index (κ3) is 14.8. The molecule has 10 rings (SSSR count). The molecule has 15 heteroatoms. The first-order valence-electron chi connectivity index (χ1n) is 25.8. The SMILES string of the molecule is CC1CCN(c2cc(F)cc(C(=O)Nc3ccc(OCCN4CCOCC4)c4ccccc34)c2)CC1.CC1CCN(c2cc(F)cc(C(=O)O)c2)CC1.Nc1ccc(OCCN2CCOCC2)c2ccccc12. The van der Waals surface area contributed by atoms with E-state index < -0.39 is 17.6 Å². The number of nitrogens with one attached hydrogen (secondary N) is 1. The number of ether oxygens (including phenoxy) is 4. The third-order valence-electron chi connectivity index (χ3n) is 14.2. The first kappa shape index (κ1) is 52.8. The Labute approximate surface area is 427 Å². The number of rotatable bonds is 13. The summed E-state index contributed by atoms with van der Waals surface area (Å²) in [5.74, 6) is 0.760. The molecule has 4 fully saturated rings. The maximum atomic E-state index is 14.5. The van der Waals surface area contributed by atoms with Crippen molar-refractivity contribution in [2.45, 2.75) is 39.5 Å².